The molecule has 0 saturated carbocycles. The van der Waals surface area contributed by atoms with Crippen molar-refractivity contribution < 1.29 is 0 Å². The molecule has 4 rings (SSSR count). The van der Waals surface area contributed by atoms with E-state index in [1.54, 1.807) is 6.20 Å². The first-order valence-corrected chi connectivity index (χ1v) is 10.5. The third kappa shape index (κ3) is 3.92. The summed E-state index contributed by atoms with van der Waals surface area (Å²) in [5.74, 6) is 1.65. The molecule has 0 unspecified atom stereocenters. The lowest BCUT2D eigenvalue weighted by atomic mass is 9.80. The standard InChI is InChI=1S/C20H23ClN6S/c1-13-23-9-14-15(26-13)3-4-16(19(14)21)28-18-11-24-17(10-25-18)27-7-5-20(2,12-22)6-8-27/h3-4,9-11H,5-8,12,22H2,1-2H3. The number of aryl methyl sites for hydroxylation is 1. The van der Waals surface area contributed by atoms with Gasteiger partial charge in [-0.15, -0.1) is 0 Å². The number of benzene rings is 1. The molecule has 0 radical (unpaired) electrons. The van der Waals surface area contributed by atoms with Gasteiger partial charge in [-0.25, -0.2) is 19.9 Å². The molecule has 6 nitrogen and oxygen atoms in total. The predicted molar refractivity (Wildman–Crippen MR) is 114 cm³/mol. The number of fused-ring (bicyclic) bond motifs is 1. The fourth-order valence-corrected chi connectivity index (χ4v) is 4.44. The average Bonchev–Trinajstić information content (AvgIpc) is 2.71. The Kier molecular flexibility index (Phi) is 5.40. The molecule has 2 N–H and O–H groups in total. The Bertz CT molecular complexity index is 986. The Morgan fingerprint density at radius 3 is 2.61 bits per heavy atom. The molecular formula is C20H23ClN6S. The first kappa shape index (κ1) is 19.4. The second-order valence-corrected chi connectivity index (χ2v) is 8.98. The van der Waals surface area contributed by atoms with Crippen molar-refractivity contribution in [3.05, 3.63) is 41.6 Å². The zero-order valence-corrected chi connectivity index (χ0v) is 17.6. The molecule has 28 heavy (non-hydrogen) atoms. The fraction of sp³-hybridized carbons (Fsp3) is 0.400. The summed E-state index contributed by atoms with van der Waals surface area (Å²) in [4.78, 5) is 21.1. The van der Waals surface area contributed by atoms with Gasteiger partial charge in [0.05, 0.1) is 22.9 Å². The molecule has 8 heteroatoms. The molecule has 0 spiro atoms. The van der Waals surface area contributed by atoms with Crippen LogP contribution in [0.2, 0.25) is 5.02 Å². The van der Waals surface area contributed by atoms with Gasteiger partial charge in [0.2, 0.25) is 0 Å². The molecule has 1 aromatic carbocycles. The number of nitrogens with two attached hydrogens (primary N) is 1. The summed E-state index contributed by atoms with van der Waals surface area (Å²) in [6.07, 6.45) is 7.58. The van der Waals surface area contributed by atoms with Crippen LogP contribution in [-0.2, 0) is 0 Å². The molecule has 1 saturated heterocycles. The average molecular weight is 415 g/mol. The van der Waals surface area contributed by atoms with Gasteiger partial charge in [0.1, 0.15) is 16.7 Å². The summed E-state index contributed by atoms with van der Waals surface area (Å²) in [5, 5.41) is 2.30. The third-order valence-corrected chi connectivity index (χ3v) is 6.90. The second kappa shape index (κ2) is 7.81. The van der Waals surface area contributed by atoms with Gasteiger partial charge < -0.3 is 10.6 Å². The maximum Gasteiger partial charge on any atom is 0.147 e. The Morgan fingerprint density at radius 1 is 1.14 bits per heavy atom. The van der Waals surface area contributed by atoms with E-state index in [1.807, 2.05) is 31.5 Å². The molecule has 1 aliphatic heterocycles. The molecule has 0 atom stereocenters. The zero-order valence-electron chi connectivity index (χ0n) is 16.0. The first-order chi connectivity index (χ1) is 13.5. The molecule has 0 amide bonds. The number of piperidine rings is 1. The van der Waals surface area contributed by atoms with Crippen LogP contribution in [0, 0.1) is 12.3 Å². The third-order valence-electron chi connectivity index (χ3n) is 5.40. The highest BCUT2D eigenvalue weighted by atomic mass is 35.5. The lowest BCUT2D eigenvalue weighted by Gasteiger charge is -2.39. The summed E-state index contributed by atoms with van der Waals surface area (Å²) >= 11 is 8.07. The van der Waals surface area contributed by atoms with Crippen LogP contribution in [0.5, 0.6) is 0 Å². The Hall–Kier alpha value is -1.96. The van der Waals surface area contributed by atoms with E-state index in [9.17, 15) is 0 Å². The van der Waals surface area contributed by atoms with Crippen LogP contribution in [0.15, 0.2) is 40.6 Å². The molecular weight excluding hydrogens is 392 g/mol. The number of aromatic nitrogens is 4. The highest BCUT2D eigenvalue weighted by molar-refractivity contribution is 7.99. The zero-order chi connectivity index (χ0) is 19.7. The Balaban J connectivity index is 1.49. The van der Waals surface area contributed by atoms with E-state index < -0.39 is 0 Å². The highest BCUT2D eigenvalue weighted by Crippen LogP contribution is 2.36. The first-order valence-electron chi connectivity index (χ1n) is 9.34. The minimum Gasteiger partial charge on any atom is -0.355 e. The van der Waals surface area contributed by atoms with Crippen molar-refractivity contribution in [2.75, 3.05) is 24.5 Å². The molecule has 146 valence electrons. The largest absolute Gasteiger partial charge is 0.355 e. The normalized spacial score (nSPS) is 16.5. The van der Waals surface area contributed by atoms with E-state index in [2.05, 4.69) is 31.8 Å². The summed E-state index contributed by atoms with van der Waals surface area (Å²) in [6.45, 7) is 6.79. The summed E-state index contributed by atoms with van der Waals surface area (Å²) in [5.41, 5.74) is 6.99. The fourth-order valence-electron chi connectivity index (χ4n) is 3.34. The Labute approximate surface area is 173 Å². The molecule has 0 aliphatic carbocycles. The maximum absolute atomic E-state index is 6.57. The van der Waals surface area contributed by atoms with Gasteiger partial charge in [0, 0.05) is 29.6 Å². The number of hydrogen-bond acceptors (Lipinski definition) is 7. The van der Waals surface area contributed by atoms with Gasteiger partial charge in [0.25, 0.3) is 0 Å². The van der Waals surface area contributed by atoms with Crippen molar-refractivity contribution >= 4 is 40.1 Å². The minimum absolute atomic E-state index is 0.245. The molecule has 3 aromatic rings. The number of nitrogens with zero attached hydrogens (tertiary/aromatic N) is 5. The molecule has 1 aliphatic rings. The summed E-state index contributed by atoms with van der Waals surface area (Å²) in [7, 11) is 0. The number of rotatable bonds is 4. The van der Waals surface area contributed by atoms with Crippen LogP contribution in [0.4, 0.5) is 5.82 Å². The smallest absolute Gasteiger partial charge is 0.147 e. The molecule has 2 aromatic heterocycles. The van der Waals surface area contributed by atoms with Crippen LogP contribution >= 0.6 is 23.4 Å². The van der Waals surface area contributed by atoms with Crippen molar-refractivity contribution in [1.82, 2.24) is 19.9 Å². The quantitative estimate of drug-likeness (QED) is 0.688. The van der Waals surface area contributed by atoms with Crippen LogP contribution in [0.3, 0.4) is 0 Å². The highest BCUT2D eigenvalue weighted by Gasteiger charge is 2.29. The number of hydrogen-bond donors (Lipinski definition) is 1. The van der Waals surface area contributed by atoms with Gasteiger partial charge in [-0.05, 0) is 43.9 Å². The van der Waals surface area contributed by atoms with Gasteiger partial charge >= 0.3 is 0 Å². The van der Waals surface area contributed by atoms with Crippen molar-refractivity contribution in [2.45, 2.75) is 36.6 Å². The van der Waals surface area contributed by atoms with E-state index in [4.69, 9.17) is 17.3 Å². The molecule has 3 heterocycles. The maximum atomic E-state index is 6.57. The van der Waals surface area contributed by atoms with E-state index >= 15 is 0 Å². The van der Waals surface area contributed by atoms with E-state index in [1.165, 1.54) is 11.8 Å². The van der Waals surface area contributed by atoms with Crippen LogP contribution in [0.1, 0.15) is 25.6 Å². The van der Waals surface area contributed by atoms with E-state index in [-0.39, 0.29) is 5.41 Å². The van der Waals surface area contributed by atoms with Crippen molar-refractivity contribution in [1.29, 1.82) is 0 Å². The summed E-state index contributed by atoms with van der Waals surface area (Å²) in [6, 6.07) is 3.93. The monoisotopic (exact) mass is 414 g/mol. The Morgan fingerprint density at radius 2 is 1.93 bits per heavy atom. The lowest BCUT2D eigenvalue weighted by molar-refractivity contribution is 0.258. The SMILES string of the molecule is Cc1ncc2c(Cl)c(Sc3cnc(N4CCC(C)(CN)CC4)cn3)ccc2n1. The van der Waals surface area contributed by atoms with E-state index in [0.717, 1.165) is 64.9 Å². The van der Waals surface area contributed by atoms with Crippen LogP contribution < -0.4 is 10.6 Å². The van der Waals surface area contributed by atoms with Gasteiger partial charge in [0.15, 0.2) is 0 Å². The second-order valence-electron chi connectivity index (χ2n) is 7.54. The topological polar surface area (TPSA) is 80.8 Å². The van der Waals surface area contributed by atoms with Gasteiger partial charge in [-0.1, -0.05) is 30.3 Å². The van der Waals surface area contributed by atoms with Crippen LogP contribution in [-0.4, -0.2) is 39.6 Å². The number of halogens is 1. The van der Waals surface area contributed by atoms with E-state index in [0.29, 0.717) is 5.02 Å². The molecule has 0 bridgehead atoms. The minimum atomic E-state index is 0.245. The van der Waals surface area contributed by atoms with Crippen LogP contribution in [0.25, 0.3) is 10.9 Å². The molecule has 1 fully saturated rings. The van der Waals surface area contributed by atoms with Gasteiger partial charge in [-0.3, -0.25) is 0 Å². The van der Waals surface area contributed by atoms with Gasteiger partial charge in [-0.2, -0.15) is 0 Å². The summed E-state index contributed by atoms with van der Waals surface area (Å²) < 4.78 is 0. The predicted octanol–water partition coefficient (Wildman–Crippen LogP) is 4.10. The van der Waals surface area contributed by atoms with Crippen molar-refractivity contribution in [3.8, 4) is 0 Å². The van der Waals surface area contributed by atoms with Crippen molar-refractivity contribution in [2.24, 2.45) is 11.1 Å². The number of anilines is 1. The lowest BCUT2D eigenvalue weighted by Crippen LogP contribution is -2.42. The van der Waals surface area contributed by atoms with Crippen molar-refractivity contribution in [3.63, 3.8) is 0 Å².